The minimum absolute atomic E-state index is 0.107. The second-order valence-electron chi connectivity index (χ2n) is 9.84. The van der Waals surface area contributed by atoms with Gasteiger partial charge >= 0.3 is 0 Å². The summed E-state index contributed by atoms with van der Waals surface area (Å²) in [6.07, 6.45) is 1.32. The summed E-state index contributed by atoms with van der Waals surface area (Å²) in [5, 5.41) is 16.5. The molecule has 0 saturated carbocycles. The van der Waals surface area contributed by atoms with Crippen molar-refractivity contribution < 1.29 is 23.7 Å². The highest BCUT2D eigenvalue weighted by Crippen LogP contribution is 2.61. The highest BCUT2D eigenvalue weighted by molar-refractivity contribution is 6.08. The number of nitro benzene ring substituents is 1. The second-order valence-corrected chi connectivity index (χ2v) is 9.84. The standard InChI is InChI=1S/C30H21N3O6/c1-38-23-12-10-16(33(36)37)14-22(23)24-13-11-17(39-24)15-31-32-29(34)27-25-18-6-2-3-7-19(18)26(28(27)30(32)35)21-9-5-4-8-20(21)25/h2-15,25-28H,1H3/b31-15-/t25?,26?,27-,28-/m1/s1. The Kier molecular flexibility index (Phi) is 5.03. The SMILES string of the molecule is COc1ccc([N+](=O)[O-])cc1-c1ccc(/C=N\N2C(=O)[C@@H]3C4c5ccccc5C(c5ccccc54)[C@H]3C2=O)o1. The molecule has 39 heavy (non-hydrogen) atoms. The zero-order valence-electron chi connectivity index (χ0n) is 20.7. The van der Waals surface area contributed by atoms with Crippen molar-refractivity contribution in [3.63, 3.8) is 0 Å². The van der Waals surface area contributed by atoms with Gasteiger partial charge in [0.15, 0.2) is 0 Å². The second kappa shape index (κ2) is 8.49. The van der Waals surface area contributed by atoms with Gasteiger partial charge in [0.1, 0.15) is 17.3 Å². The Bertz CT molecular complexity index is 1610. The summed E-state index contributed by atoms with van der Waals surface area (Å²) in [5.74, 6) is -1.10. The predicted molar refractivity (Wildman–Crippen MR) is 140 cm³/mol. The predicted octanol–water partition coefficient (Wildman–Crippen LogP) is 5.09. The van der Waals surface area contributed by atoms with Crippen LogP contribution in [0.5, 0.6) is 5.75 Å². The van der Waals surface area contributed by atoms with Gasteiger partial charge in [0.05, 0.1) is 35.6 Å². The maximum atomic E-state index is 13.7. The Morgan fingerprint density at radius 1 is 0.872 bits per heavy atom. The molecule has 1 aliphatic heterocycles. The van der Waals surface area contributed by atoms with Crippen LogP contribution in [0.4, 0.5) is 5.69 Å². The molecule has 2 amide bonds. The molecule has 0 radical (unpaired) electrons. The van der Waals surface area contributed by atoms with Gasteiger partial charge in [-0.15, -0.1) is 0 Å². The molecule has 4 aromatic rings. The van der Waals surface area contributed by atoms with Crippen LogP contribution in [0, 0.1) is 22.0 Å². The van der Waals surface area contributed by atoms with Crippen molar-refractivity contribution in [3.8, 4) is 17.1 Å². The highest BCUT2D eigenvalue weighted by Gasteiger charge is 2.61. The van der Waals surface area contributed by atoms with Crippen molar-refractivity contribution in [1.29, 1.82) is 0 Å². The number of nitrogens with zero attached hydrogens (tertiary/aromatic N) is 3. The molecule has 1 fully saturated rings. The fourth-order valence-corrected chi connectivity index (χ4v) is 6.46. The maximum Gasteiger partial charge on any atom is 0.270 e. The molecule has 4 aliphatic rings. The number of non-ortho nitro benzene ring substituents is 1. The molecule has 1 aromatic heterocycles. The number of carbonyl (C=O) groups is 2. The zero-order chi connectivity index (χ0) is 26.8. The average molecular weight is 520 g/mol. The first-order valence-electron chi connectivity index (χ1n) is 12.5. The van der Waals surface area contributed by atoms with Crippen LogP contribution in [0.15, 0.2) is 88.4 Å². The van der Waals surface area contributed by atoms with Crippen molar-refractivity contribution in [2.45, 2.75) is 11.8 Å². The summed E-state index contributed by atoms with van der Waals surface area (Å²) in [6.45, 7) is 0. The molecular formula is C30H21N3O6. The lowest BCUT2D eigenvalue weighted by molar-refractivity contribution is -0.384. The minimum Gasteiger partial charge on any atom is -0.496 e. The lowest BCUT2D eigenvalue weighted by Crippen LogP contribution is -2.41. The number of amides is 2. The average Bonchev–Trinajstić information content (AvgIpc) is 3.54. The Morgan fingerprint density at radius 2 is 1.44 bits per heavy atom. The van der Waals surface area contributed by atoms with Crippen molar-refractivity contribution in [2.75, 3.05) is 7.11 Å². The van der Waals surface area contributed by atoms with E-state index in [0.29, 0.717) is 17.1 Å². The van der Waals surface area contributed by atoms with E-state index >= 15 is 0 Å². The third-order valence-corrected chi connectivity index (χ3v) is 8.01. The van der Waals surface area contributed by atoms with Gasteiger partial charge in [0.25, 0.3) is 17.5 Å². The molecule has 0 spiro atoms. The number of imide groups is 1. The van der Waals surface area contributed by atoms with Crippen LogP contribution in [0.25, 0.3) is 11.3 Å². The van der Waals surface area contributed by atoms with E-state index in [1.807, 2.05) is 24.3 Å². The number of rotatable bonds is 5. The molecule has 8 rings (SSSR count). The molecule has 1 saturated heterocycles. The van der Waals surface area contributed by atoms with Crippen molar-refractivity contribution in [2.24, 2.45) is 16.9 Å². The smallest absolute Gasteiger partial charge is 0.270 e. The van der Waals surface area contributed by atoms with E-state index in [9.17, 15) is 19.7 Å². The monoisotopic (exact) mass is 519 g/mol. The number of nitro groups is 1. The molecule has 192 valence electrons. The third-order valence-electron chi connectivity index (χ3n) is 8.01. The molecule has 0 N–H and O–H groups in total. The first-order chi connectivity index (χ1) is 19.0. The number of hydrogen-bond donors (Lipinski definition) is 0. The summed E-state index contributed by atoms with van der Waals surface area (Å²) in [5.41, 5.74) is 4.67. The molecule has 3 aliphatic carbocycles. The van der Waals surface area contributed by atoms with Crippen LogP contribution >= 0.6 is 0 Å². The summed E-state index contributed by atoms with van der Waals surface area (Å²) in [7, 11) is 1.46. The number of ether oxygens (including phenoxy) is 1. The van der Waals surface area contributed by atoms with Gasteiger partial charge in [0.2, 0.25) is 0 Å². The van der Waals surface area contributed by atoms with E-state index < -0.39 is 16.8 Å². The number of hydrazone groups is 1. The van der Waals surface area contributed by atoms with E-state index in [-0.39, 0.29) is 35.1 Å². The van der Waals surface area contributed by atoms with Crippen molar-refractivity contribution in [3.05, 3.63) is 117 Å². The number of carbonyl (C=O) groups excluding carboxylic acids is 2. The molecular weight excluding hydrogens is 498 g/mol. The highest BCUT2D eigenvalue weighted by atomic mass is 16.6. The van der Waals surface area contributed by atoms with Gasteiger partial charge in [-0.25, -0.2) is 0 Å². The van der Waals surface area contributed by atoms with Gasteiger partial charge in [0, 0.05) is 24.0 Å². The van der Waals surface area contributed by atoms with Gasteiger partial charge in [-0.2, -0.15) is 10.1 Å². The lowest BCUT2D eigenvalue weighted by atomic mass is 9.55. The summed E-state index contributed by atoms with van der Waals surface area (Å²) in [6, 6.07) is 23.5. The van der Waals surface area contributed by atoms with E-state index in [2.05, 4.69) is 29.4 Å². The number of methoxy groups -OCH3 is 1. The Hall–Kier alpha value is -5.05. The van der Waals surface area contributed by atoms with Crippen LogP contribution in [-0.4, -0.2) is 35.1 Å². The topological polar surface area (TPSA) is 115 Å². The van der Waals surface area contributed by atoms with E-state index in [1.165, 1.54) is 31.5 Å². The first kappa shape index (κ1) is 23.1. The number of benzene rings is 3. The zero-order valence-corrected chi connectivity index (χ0v) is 20.7. The molecule has 9 heteroatoms. The fourth-order valence-electron chi connectivity index (χ4n) is 6.46. The molecule has 3 aromatic carbocycles. The van der Waals surface area contributed by atoms with Crippen molar-refractivity contribution >= 4 is 23.7 Å². The largest absolute Gasteiger partial charge is 0.496 e. The van der Waals surface area contributed by atoms with Crippen LogP contribution in [0.3, 0.4) is 0 Å². The quantitative estimate of drug-likeness (QED) is 0.157. The molecule has 2 heterocycles. The normalized spacial score (nSPS) is 22.6. The van der Waals surface area contributed by atoms with E-state index in [1.54, 1.807) is 12.1 Å². The third kappa shape index (κ3) is 3.29. The van der Waals surface area contributed by atoms with Crippen molar-refractivity contribution in [1.82, 2.24) is 5.01 Å². The van der Waals surface area contributed by atoms with Gasteiger partial charge in [-0.05, 0) is 40.5 Å². The molecule has 2 bridgehead atoms. The van der Waals surface area contributed by atoms with E-state index in [0.717, 1.165) is 27.3 Å². The number of hydrogen-bond acceptors (Lipinski definition) is 7. The Morgan fingerprint density at radius 3 is 1.95 bits per heavy atom. The van der Waals surface area contributed by atoms with E-state index in [4.69, 9.17) is 9.15 Å². The Labute approximate surface area is 222 Å². The molecule has 9 nitrogen and oxygen atoms in total. The minimum atomic E-state index is -0.522. The summed E-state index contributed by atoms with van der Waals surface area (Å²) >= 11 is 0. The lowest BCUT2D eigenvalue weighted by Gasteiger charge is -2.45. The first-order valence-corrected chi connectivity index (χ1v) is 12.5. The fraction of sp³-hybridized carbons (Fsp3) is 0.167. The molecule has 2 atom stereocenters. The van der Waals surface area contributed by atoms with Crippen LogP contribution < -0.4 is 4.74 Å². The van der Waals surface area contributed by atoms with Gasteiger partial charge in [-0.1, -0.05) is 48.5 Å². The Balaban J connectivity index is 1.22. The van der Waals surface area contributed by atoms with Crippen LogP contribution in [0.2, 0.25) is 0 Å². The summed E-state index contributed by atoms with van der Waals surface area (Å²) < 4.78 is 11.2. The van der Waals surface area contributed by atoms with Crippen LogP contribution in [-0.2, 0) is 9.59 Å². The molecule has 0 unspecified atom stereocenters. The van der Waals surface area contributed by atoms with Crippen LogP contribution in [0.1, 0.15) is 39.8 Å². The summed E-state index contributed by atoms with van der Waals surface area (Å²) in [4.78, 5) is 38.1. The van der Waals surface area contributed by atoms with Gasteiger partial charge in [-0.3, -0.25) is 19.7 Å². The van der Waals surface area contributed by atoms with Gasteiger partial charge < -0.3 is 9.15 Å². The number of furan rings is 1. The maximum absolute atomic E-state index is 13.7.